The molecule has 0 aliphatic heterocycles. The van der Waals surface area contributed by atoms with Gasteiger partial charge < -0.3 is 0 Å². The van der Waals surface area contributed by atoms with Gasteiger partial charge in [0.2, 0.25) is 0 Å². The molecule has 0 aromatic carbocycles. The lowest BCUT2D eigenvalue weighted by molar-refractivity contribution is 0.806. The highest BCUT2D eigenvalue weighted by molar-refractivity contribution is 7.99. The molecule has 94 valence electrons. The van der Waals surface area contributed by atoms with Crippen LogP contribution in [0.3, 0.4) is 0 Å². The third-order valence-corrected chi connectivity index (χ3v) is 3.49. The molecule has 0 atom stereocenters. The Kier molecular flexibility index (Phi) is 4.95. The summed E-state index contributed by atoms with van der Waals surface area (Å²) in [5.41, 5.74) is 0.788. The van der Waals surface area contributed by atoms with Gasteiger partial charge in [0, 0.05) is 6.20 Å². The second-order valence-electron chi connectivity index (χ2n) is 3.31. The molecular weight excluding hydrogens is 264 g/mol. The number of aromatic nitrogens is 4. The molecule has 0 aliphatic rings. The summed E-state index contributed by atoms with van der Waals surface area (Å²) in [6, 6.07) is 5.73. The van der Waals surface area contributed by atoms with Crippen LogP contribution in [0.15, 0.2) is 34.7 Å². The fourth-order valence-electron chi connectivity index (χ4n) is 1.33. The average molecular weight is 278 g/mol. The van der Waals surface area contributed by atoms with Crippen molar-refractivity contribution in [2.75, 3.05) is 11.5 Å². The maximum absolute atomic E-state index is 4.44. The van der Waals surface area contributed by atoms with Crippen LogP contribution in [0, 0.1) is 0 Å². The minimum absolute atomic E-state index is 0.650. The van der Waals surface area contributed by atoms with Gasteiger partial charge in [0.15, 0.2) is 16.1 Å². The number of pyridine rings is 1. The lowest BCUT2D eigenvalue weighted by Gasteiger charge is -2.04. The SMILES string of the molecule is CCSc1nc(SCC)nc(-c2ccccn2)n1. The molecule has 0 bridgehead atoms. The Bertz CT molecular complexity index is 480. The molecule has 0 fully saturated rings. The number of rotatable bonds is 5. The predicted octanol–water partition coefficient (Wildman–Crippen LogP) is 3.16. The molecule has 4 nitrogen and oxygen atoms in total. The van der Waals surface area contributed by atoms with Crippen molar-refractivity contribution in [3.05, 3.63) is 24.4 Å². The van der Waals surface area contributed by atoms with Crippen molar-refractivity contribution in [2.24, 2.45) is 0 Å². The van der Waals surface area contributed by atoms with E-state index in [-0.39, 0.29) is 0 Å². The molecule has 0 saturated carbocycles. The third-order valence-electron chi connectivity index (χ3n) is 2.04. The molecule has 0 unspecified atom stereocenters. The van der Waals surface area contributed by atoms with Gasteiger partial charge in [0.25, 0.3) is 0 Å². The van der Waals surface area contributed by atoms with Crippen LogP contribution in [-0.2, 0) is 0 Å². The van der Waals surface area contributed by atoms with Crippen LogP contribution in [0.5, 0.6) is 0 Å². The summed E-state index contributed by atoms with van der Waals surface area (Å²) in [4.78, 5) is 17.6. The standard InChI is InChI=1S/C12H14N4S2/c1-3-17-11-14-10(9-7-5-6-8-13-9)15-12(16-11)18-4-2/h5-8H,3-4H2,1-2H3. The van der Waals surface area contributed by atoms with Crippen LogP contribution in [0.1, 0.15) is 13.8 Å². The van der Waals surface area contributed by atoms with Crippen LogP contribution in [0.25, 0.3) is 11.5 Å². The van der Waals surface area contributed by atoms with Crippen molar-refractivity contribution < 1.29 is 0 Å². The third kappa shape index (κ3) is 3.43. The lowest BCUT2D eigenvalue weighted by atomic mass is 10.3. The van der Waals surface area contributed by atoms with E-state index in [1.165, 1.54) is 0 Å². The highest BCUT2D eigenvalue weighted by Gasteiger charge is 2.09. The van der Waals surface area contributed by atoms with E-state index in [2.05, 4.69) is 33.8 Å². The molecule has 18 heavy (non-hydrogen) atoms. The summed E-state index contributed by atoms with van der Waals surface area (Å²) in [6.07, 6.45) is 1.75. The topological polar surface area (TPSA) is 51.6 Å². The van der Waals surface area contributed by atoms with E-state index in [9.17, 15) is 0 Å². The van der Waals surface area contributed by atoms with Gasteiger partial charge >= 0.3 is 0 Å². The molecule has 0 spiro atoms. The first-order chi connectivity index (χ1) is 8.83. The molecule has 2 aromatic heterocycles. The zero-order valence-electron chi connectivity index (χ0n) is 10.3. The van der Waals surface area contributed by atoms with Crippen molar-refractivity contribution in [2.45, 2.75) is 24.2 Å². The Morgan fingerprint density at radius 1 is 0.944 bits per heavy atom. The number of hydrogen-bond donors (Lipinski definition) is 0. The van der Waals surface area contributed by atoms with Crippen molar-refractivity contribution >= 4 is 23.5 Å². The molecule has 2 heterocycles. The quantitative estimate of drug-likeness (QED) is 0.783. The van der Waals surface area contributed by atoms with Gasteiger partial charge in [-0.15, -0.1) is 0 Å². The lowest BCUT2D eigenvalue weighted by Crippen LogP contribution is -1.99. The van der Waals surface area contributed by atoms with Crippen molar-refractivity contribution in [1.82, 2.24) is 19.9 Å². The van der Waals surface area contributed by atoms with Gasteiger partial charge in [0.1, 0.15) is 5.69 Å². The van der Waals surface area contributed by atoms with E-state index in [1.807, 2.05) is 18.2 Å². The van der Waals surface area contributed by atoms with E-state index in [4.69, 9.17) is 0 Å². The number of hydrogen-bond acceptors (Lipinski definition) is 6. The van der Waals surface area contributed by atoms with Gasteiger partial charge in [-0.05, 0) is 23.6 Å². The van der Waals surface area contributed by atoms with Crippen LogP contribution in [0.2, 0.25) is 0 Å². The van der Waals surface area contributed by atoms with Gasteiger partial charge in [0.05, 0.1) is 0 Å². The minimum atomic E-state index is 0.650. The van der Waals surface area contributed by atoms with Crippen molar-refractivity contribution in [3.8, 4) is 11.5 Å². The summed E-state index contributed by atoms with van der Waals surface area (Å²) >= 11 is 3.24. The first-order valence-electron chi connectivity index (χ1n) is 5.76. The van der Waals surface area contributed by atoms with Gasteiger partial charge in [-0.25, -0.2) is 9.97 Å². The van der Waals surface area contributed by atoms with Gasteiger partial charge in [-0.1, -0.05) is 43.4 Å². The molecule has 0 amide bonds. The summed E-state index contributed by atoms with van der Waals surface area (Å²) in [7, 11) is 0. The molecule has 0 saturated heterocycles. The predicted molar refractivity (Wildman–Crippen MR) is 75.9 cm³/mol. The number of nitrogens with zero attached hydrogens (tertiary/aromatic N) is 4. The zero-order valence-corrected chi connectivity index (χ0v) is 12.0. The molecule has 0 radical (unpaired) electrons. The summed E-state index contributed by atoms with van der Waals surface area (Å²) in [6.45, 7) is 4.17. The first kappa shape index (κ1) is 13.3. The zero-order chi connectivity index (χ0) is 12.8. The molecule has 6 heteroatoms. The summed E-state index contributed by atoms with van der Waals surface area (Å²) in [5, 5.41) is 1.54. The summed E-state index contributed by atoms with van der Waals surface area (Å²) < 4.78 is 0. The normalized spacial score (nSPS) is 10.6. The van der Waals surface area contributed by atoms with Crippen LogP contribution >= 0.6 is 23.5 Å². The summed E-state index contributed by atoms with van der Waals surface area (Å²) in [5.74, 6) is 2.54. The Balaban J connectivity index is 2.39. The molecule has 2 rings (SSSR count). The highest BCUT2D eigenvalue weighted by atomic mass is 32.2. The molecule has 2 aromatic rings. The second kappa shape index (κ2) is 6.70. The molecule has 0 N–H and O–H groups in total. The first-order valence-corrected chi connectivity index (χ1v) is 7.73. The van der Waals surface area contributed by atoms with Gasteiger partial charge in [-0.2, -0.15) is 4.98 Å². The van der Waals surface area contributed by atoms with Crippen LogP contribution < -0.4 is 0 Å². The maximum Gasteiger partial charge on any atom is 0.192 e. The van der Waals surface area contributed by atoms with E-state index in [0.29, 0.717) is 5.82 Å². The van der Waals surface area contributed by atoms with Gasteiger partial charge in [-0.3, -0.25) is 4.98 Å². The van der Waals surface area contributed by atoms with E-state index < -0.39 is 0 Å². The highest BCUT2D eigenvalue weighted by Crippen LogP contribution is 2.21. The maximum atomic E-state index is 4.44. The Morgan fingerprint density at radius 2 is 1.61 bits per heavy atom. The van der Waals surface area contributed by atoms with Crippen molar-refractivity contribution in [3.63, 3.8) is 0 Å². The number of thioether (sulfide) groups is 2. The fraction of sp³-hybridized carbons (Fsp3) is 0.333. The average Bonchev–Trinajstić information content (AvgIpc) is 2.40. The van der Waals surface area contributed by atoms with E-state index in [0.717, 1.165) is 27.5 Å². The minimum Gasteiger partial charge on any atom is -0.253 e. The van der Waals surface area contributed by atoms with E-state index in [1.54, 1.807) is 29.7 Å². The monoisotopic (exact) mass is 278 g/mol. The Morgan fingerprint density at radius 3 is 2.11 bits per heavy atom. The molecule has 0 aliphatic carbocycles. The van der Waals surface area contributed by atoms with Crippen LogP contribution in [-0.4, -0.2) is 31.4 Å². The fourth-order valence-corrected chi connectivity index (χ4v) is 2.51. The smallest absolute Gasteiger partial charge is 0.192 e. The molecular formula is C12H14N4S2. The Labute approximate surface area is 115 Å². The Hall–Kier alpha value is -1.14. The second-order valence-corrected chi connectivity index (χ2v) is 5.77. The van der Waals surface area contributed by atoms with Crippen molar-refractivity contribution in [1.29, 1.82) is 0 Å². The van der Waals surface area contributed by atoms with Crippen LogP contribution in [0.4, 0.5) is 0 Å². The largest absolute Gasteiger partial charge is 0.253 e. The van der Waals surface area contributed by atoms with E-state index >= 15 is 0 Å².